The number of amides is 1. The summed E-state index contributed by atoms with van der Waals surface area (Å²) < 4.78 is 0. The Morgan fingerprint density at radius 1 is 1.13 bits per heavy atom. The number of aliphatic imine (C=N–C) groups is 1. The van der Waals surface area contributed by atoms with Crippen molar-refractivity contribution in [1.82, 2.24) is 15.1 Å². The van der Waals surface area contributed by atoms with E-state index in [4.69, 9.17) is 4.99 Å². The van der Waals surface area contributed by atoms with Crippen molar-refractivity contribution < 1.29 is 9.90 Å². The monoisotopic (exact) mass is 530 g/mol. The highest BCUT2D eigenvalue weighted by atomic mass is 32.2. The SMILES string of the molecule is CCNC1=C(N=C2S/C(=C\N(C)Cc3ccccc3)C(=O)N2Cc2ccccc2)CCC([C@H](O)CC)C=C1. The number of benzene rings is 2. The second-order valence-corrected chi connectivity index (χ2v) is 10.7. The lowest BCUT2D eigenvalue weighted by Gasteiger charge is -2.18. The second kappa shape index (κ2) is 13.5. The maximum atomic E-state index is 13.7. The van der Waals surface area contributed by atoms with Crippen LogP contribution in [0.3, 0.4) is 0 Å². The van der Waals surface area contributed by atoms with Gasteiger partial charge in [-0.15, -0.1) is 0 Å². The van der Waals surface area contributed by atoms with Gasteiger partial charge in [0.25, 0.3) is 5.91 Å². The van der Waals surface area contributed by atoms with E-state index < -0.39 is 0 Å². The number of likely N-dealkylation sites (N-methyl/N-ethyl adjacent to an activating group) is 1. The molecule has 2 atom stereocenters. The molecule has 6 nitrogen and oxygen atoms in total. The van der Waals surface area contributed by atoms with Crippen LogP contribution in [0.2, 0.25) is 0 Å². The largest absolute Gasteiger partial charge is 0.393 e. The highest BCUT2D eigenvalue weighted by Gasteiger charge is 2.34. The number of thioether (sulfide) groups is 1. The Balaban J connectivity index is 1.64. The molecule has 1 unspecified atom stereocenters. The predicted molar refractivity (Wildman–Crippen MR) is 157 cm³/mol. The molecule has 7 heteroatoms. The van der Waals surface area contributed by atoms with Gasteiger partial charge in [-0.25, -0.2) is 4.99 Å². The average Bonchev–Trinajstić information content (AvgIpc) is 3.08. The van der Waals surface area contributed by atoms with Crippen molar-refractivity contribution in [2.75, 3.05) is 13.6 Å². The van der Waals surface area contributed by atoms with E-state index in [2.05, 4.69) is 30.4 Å². The van der Waals surface area contributed by atoms with E-state index >= 15 is 0 Å². The summed E-state index contributed by atoms with van der Waals surface area (Å²) in [4.78, 5) is 23.2. The van der Waals surface area contributed by atoms with Gasteiger partial charge in [-0.2, -0.15) is 0 Å². The number of carbonyl (C=O) groups excluding carboxylic acids is 1. The molecule has 2 N–H and O–H groups in total. The predicted octanol–water partition coefficient (Wildman–Crippen LogP) is 5.65. The minimum atomic E-state index is -0.368. The van der Waals surface area contributed by atoms with Gasteiger partial charge in [0.15, 0.2) is 5.17 Å². The maximum absolute atomic E-state index is 13.7. The van der Waals surface area contributed by atoms with Crippen molar-refractivity contribution in [2.45, 2.75) is 52.3 Å². The first kappa shape index (κ1) is 27.7. The van der Waals surface area contributed by atoms with Gasteiger partial charge in [0.05, 0.1) is 28.9 Å². The highest BCUT2D eigenvalue weighted by Crippen LogP contribution is 2.35. The van der Waals surface area contributed by atoms with E-state index in [0.29, 0.717) is 23.2 Å². The zero-order chi connectivity index (χ0) is 26.9. The summed E-state index contributed by atoms with van der Waals surface area (Å²) in [5.41, 5.74) is 4.12. The smallest absolute Gasteiger partial charge is 0.268 e. The van der Waals surface area contributed by atoms with Crippen LogP contribution in [0.15, 0.2) is 100 Å². The first-order chi connectivity index (χ1) is 18.5. The Morgan fingerprint density at radius 2 is 1.82 bits per heavy atom. The van der Waals surface area contributed by atoms with Crippen molar-refractivity contribution in [3.05, 3.63) is 106 Å². The molecule has 1 heterocycles. The molecule has 1 saturated heterocycles. The minimum Gasteiger partial charge on any atom is -0.393 e. The summed E-state index contributed by atoms with van der Waals surface area (Å²) in [5.74, 6) is 0.0540. The zero-order valence-corrected chi connectivity index (χ0v) is 23.3. The molecule has 0 radical (unpaired) electrons. The molecule has 1 aliphatic carbocycles. The van der Waals surface area contributed by atoms with E-state index in [0.717, 1.165) is 42.8 Å². The number of allylic oxidation sites excluding steroid dienone is 2. The van der Waals surface area contributed by atoms with Gasteiger partial charge < -0.3 is 15.3 Å². The standard InChI is InChI=1S/C31H38N4O2S/c1-4-28(36)25-16-18-26(32-5-2)27(19-17-25)33-31-35(21-24-14-10-7-11-15-24)30(37)29(38-31)22-34(3)20-23-12-8-6-9-13-23/h6-16,18,22,25,28,32,36H,4-5,17,19-21H2,1-3H3/b29-22-,33-31?/t25?,28-/m1/s1. The molecule has 0 aromatic heterocycles. The number of hydrogen-bond acceptors (Lipinski definition) is 6. The van der Waals surface area contributed by atoms with Crippen molar-refractivity contribution in [1.29, 1.82) is 0 Å². The van der Waals surface area contributed by atoms with E-state index in [1.807, 2.05) is 79.7 Å². The summed E-state index contributed by atoms with van der Waals surface area (Å²) in [7, 11) is 1.99. The Labute approximate surface area is 230 Å². The summed E-state index contributed by atoms with van der Waals surface area (Å²) in [6, 6.07) is 20.3. The van der Waals surface area contributed by atoms with Gasteiger partial charge >= 0.3 is 0 Å². The van der Waals surface area contributed by atoms with Crippen LogP contribution < -0.4 is 5.32 Å². The molecular weight excluding hydrogens is 492 g/mol. The van der Waals surface area contributed by atoms with Gasteiger partial charge in [-0.05, 0) is 55.2 Å². The summed E-state index contributed by atoms with van der Waals surface area (Å²) in [6.45, 7) is 6.01. The molecule has 4 rings (SSSR count). The van der Waals surface area contributed by atoms with Gasteiger partial charge in [0.1, 0.15) is 0 Å². The van der Waals surface area contributed by atoms with Crippen LogP contribution in [-0.2, 0) is 17.9 Å². The van der Waals surface area contributed by atoms with Gasteiger partial charge in [0, 0.05) is 32.3 Å². The number of hydrogen-bond donors (Lipinski definition) is 2. The summed E-state index contributed by atoms with van der Waals surface area (Å²) in [5, 5.41) is 14.6. The molecule has 2 aromatic rings. The van der Waals surface area contributed by atoms with Crippen molar-refractivity contribution >= 4 is 22.8 Å². The van der Waals surface area contributed by atoms with E-state index in [-0.39, 0.29) is 17.9 Å². The number of rotatable bonds is 10. The molecule has 0 spiro atoms. The fraction of sp³-hybridized carbons (Fsp3) is 0.355. The van der Waals surface area contributed by atoms with Crippen molar-refractivity contribution in [2.24, 2.45) is 10.9 Å². The van der Waals surface area contributed by atoms with E-state index in [1.165, 1.54) is 17.3 Å². The molecule has 1 aliphatic heterocycles. The van der Waals surface area contributed by atoms with Crippen molar-refractivity contribution in [3.8, 4) is 0 Å². The molecule has 2 aromatic carbocycles. The normalized spacial score (nSPS) is 20.8. The van der Waals surface area contributed by atoms with Crippen LogP contribution in [0.25, 0.3) is 0 Å². The average molecular weight is 531 g/mol. The van der Waals surface area contributed by atoms with Crippen LogP contribution in [0.4, 0.5) is 0 Å². The molecule has 38 heavy (non-hydrogen) atoms. The highest BCUT2D eigenvalue weighted by molar-refractivity contribution is 8.18. The zero-order valence-electron chi connectivity index (χ0n) is 22.5. The maximum Gasteiger partial charge on any atom is 0.268 e. The fourth-order valence-electron chi connectivity index (χ4n) is 4.66. The second-order valence-electron chi connectivity index (χ2n) is 9.70. The topological polar surface area (TPSA) is 68.2 Å². The molecule has 200 valence electrons. The molecule has 0 saturated carbocycles. The molecule has 1 amide bonds. The number of aliphatic hydroxyl groups is 1. The lowest BCUT2D eigenvalue weighted by atomic mass is 9.95. The van der Waals surface area contributed by atoms with Crippen LogP contribution in [0, 0.1) is 5.92 Å². The third-order valence-corrected chi connectivity index (χ3v) is 7.72. The van der Waals surface area contributed by atoms with E-state index in [1.54, 1.807) is 4.90 Å². The molecular formula is C31H38N4O2S. The van der Waals surface area contributed by atoms with Gasteiger partial charge in [0.2, 0.25) is 0 Å². The fourth-order valence-corrected chi connectivity index (χ4v) is 5.70. The summed E-state index contributed by atoms with van der Waals surface area (Å²) in [6.07, 6.45) is 7.96. The third-order valence-electron chi connectivity index (χ3n) is 6.73. The quantitative estimate of drug-likeness (QED) is 0.389. The van der Waals surface area contributed by atoms with Crippen LogP contribution >= 0.6 is 11.8 Å². The number of aliphatic hydroxyl groups excluding tert-OH is 1. The molecule has 1 fully saturated rings. The third kappa shape index (κ3) is 7.17. The number of amidine groups is 1. The Bertz CT molecular complexity index is 1210. The number of nitrogens with zero attached hydrogens (tertiary/aromatic N) is 3. The first-order valence-electron chi connectivity index (χ1n) is 13.4. The lowest BCUT2D eigenvalue weighted by molar-refractivity contribution is -0.122. The Kier molecular flexibility index (Phi) is 9.85. The van der Waals surface area contributed by atoms with Crippen LogP contribution in [0.1, 0.15) is 44.2 Å². The number of carbonyl (C=O) groups is 1. The van der Waals surface area contributed by atoms with Crippen LogP contribution in [-0.4, -0.2) is 45.7 Å². The minimum absolute atomic E-state index is 0.0356. The Morgan fingerprint density at radius 3 is 2.47 bits per heavy atom. The summed E-state index contributed by atoms with van der Waals surface area (Å²) >= 11 is 1.43. The molecule has 2 aliphatic rings. The Hall–Kier alpha value is -3.29. The van der Waals surface area contributed by atoms with E-state index in [9.17, 15) is 9.90 Å². The van der Waals surface area contributed by atoms with Gasteiger partial charge in [-0.1, -0.05) is 73.7 Å². The first-order valence-corrected chi connectivity index (χ1v) is 14.2. The van der Waals surface area contributed by atoms with Crippen LogP contribution in [0.5, 0.6) is 0 Å². The van der Waals surface area contributed by atoms with Gasteiger partial charge in [-0.3, -0.25) is 9.69 Å². The number of nitrogens with one attached hydrogen (secondary N) is 1. The lowest BCUT2D eigenvalue weighted by Crippen LogP contribution is -2.29. The van der Waals surface area contributed by atoms with Crippen molar-refractivity contribution in [3.63, 3.8) is 0 Å². The molecule has 0 bridgehead atoms.